The normalized spacial score (nSPS) is 27.2. The Morgan fingerprint density at radius 2 is 1.74 bits per heavy atom. The van der Waals surface area contributed by atoms with Gasteiger partial charge in [0, 0.05) is 37.1 Å². The van der Waals surface area contributed by atoms with Gasteiger partial charge < -0.3 is 10.8 Å². The number of halogens is 3. The average molecular weight is 331 g/mol. The molecule has 1 aromatic rings. The third kappa shape index (κ3) is 4.90. The smallest absolute Gasteiger partial charge is 0.475 e. The van der Waals surface area contributed by atoms with Crippen LogP contribution in [0.2, 0.25) is 0 Å². The van der Waals surface area contributed by atoms with Crippen molar-refractivity contribution in [2.24, 2.45) is 5.73 Å². The fourth-order valence-corrected chi connectivity index (χ4v) is 3.27. The molecule has 2 fully saturated rings. The number of hydrogen-bond acceptors (Lipinski definition) is 4. The van der Waals surface area contributed by atoms with Crippen LogP contribution in [0.25, 0.3) is 0 Å². The highest BCUT2D eigenvalue weighted by atomic mass is 19.4. The number of nitrogens with two attached hydrogens (primary N) is 1. The molecule has 23 heavy (non-hydrogen) atoms. The molecule has 0 aromatic carbocycles. The van der Waals surface area contributed by atoms with E-state index in [9.17, 15) is 13.2 Å². The summed E-state index contributed by atoms with van der Waals surface area (Å²) in [5.74, 6) is -2.76. The van der Waals surface area contributed by atoms with Gasteiger partial charge in [0.15, 0.2) is 0 Å². The van der Waals surface area contributed by atoms with Crippen molar-refractivity contribution in [1.29, 1.82) is 0 Å². The van der Waals surface area contributed by atoms with E-state index in [0.717, 1.165) is 18.6 Å². The molecular formula is C15H20F3N3O2. The van der Waals surface area contributed by atoms with Crippen LogP contribution in [-0.4, -0.2) is 45.3 Å². The summed E-state index contributed by atoms with van der Waals surface area (Å²) in [5.41, 5.74) is 7.45. The Hall–Kier alpha value is -1.67. The molecule has 0 saturated carbocycles. The first-order valence-corrected chi connectivity index (χ1v) is 7.47. The summed E-state index contributed by atoms with van der Waals surface area (Å²) in [6, 6.07) is 6.12. The minimum absolute atomic E-state index is 0.436. The Balaban J connectivity index is 0.000000236. The molecule has 128 valence electrons. The third-order valence-corrected chi connectivity index (χ3v) is 4.28. The van der Waals surface area contributed by atoms with Gasteiger partial charge in [0.2, 0.25) is 0 Å². The molecule has 8 heteroatoms. The molecule has 3 atom stereocenters. The van der Waals surface area contributed by atoms with Crippen molar-refractivity contribution < 1.29 is 23.1 Å². The van der Waals surface area contributed by atoms with Gasteiger partial charge in [-0.15, -0.1) is 0 Å². The first kappa shape index (κ1) is 17.7. The van der Waals surface area contributed by atoms with Crippen LogP contribution in [-0.2, 0) is 11.3 Å². The summed E-state index contributed by atoms with van der Waals surface area (Å²) < 4.78 is 31.7. The third-order valence-electron chi connectivity index (χ3n) is 4.28. The average Bonchev–Trinajstić information content (AvgIpc) is 2.71. The molecule has 2 aliphatic heterocycles. The van der Waals surface area contributed by atoms with Crippen LogP contribution < -0.4 is 5.73 Å². The minimum Gasteiger partial charge on any atom is -0.475 e. The van der Waals surface area contributed by atoms with Gasteiger partial charge in [0.1, 0.15) is 0 Å². The van der Waals surface area contributed by atoms with Crippen molar-refractivity contribution in [3.8, 4) is 0 Å². The second-order valence-corrected chi connectivity index (χ2v) is 5.95. The molecule has 0 radical (unpaired) electrons. The quantitative estimate of drug-likeness (QED) is 0.868. The van der Waals surface area contributed by atoms with E-state index in [1.165, 1.54) is 31.2 Å². The van der Waals surface area contributed by atoms with Crippen molar-refractivity contribution in [2.45, 2.75) is 56.5 Å². The first-order chi connectivity index (χ1) is 10.8. The van der Waals surface area contributed by atoms with Crippen LogP contribution in [0.4, 0.5) is 13.2 Å². The molecule has 2 bridgehead atoms. The van der Waals surface area contributed by atoms with Crippen LogP contribution in [0.3, 0.4) is 0 Å². The van der Waals surface area contributed by atoms with E-state index in [-0.39, 0.29) is 0 Å². The first-order valence-electron chi connectivity index (χ1n) is 7.47. The number of piperidine rings is 1. The van der Waals surface area contributed by atoms with Gasteiger partial charge in [0.05, 0.1) is 0 Å². The summed E-state index contributed by atoms with van der Waals surface area (Å²) in [7, 11) is 0. The SMILES string of the molecule is NC1C[C@H]2CC[C@@H](C1)N2Cc1ccncc1.O=C(O)C(F)(F)F. The fourth-order valence-electron chi connectivity index (χ4n) is 3.27. The lowest BCUT2D eigenvalue weighted by Gasteiger charge is -2.37. The molecule has 3 N–H and O–H groups in total. The van der Waals surface area contributed by atoms with Gasteiger partial charge >= 0.3 is 12.1 Å². The Morgan fingerprint density at radius 3 is 2.17 bits per heavy atom. The monoisotopic (exact) mass is 331 g/mol. The van der Waals surface area contributed by atoms with Crippen molar-refractivity contribution in [1.82, 2.24) is 9.88 Å². The second-order valence-electron chi connectivity index (χ2n) is 5.95. The van der Waals surface area contributed by atoms with Gasteiger partial charge in [-0.05, 0) is 43.4 Å². The van der Waals surface area contributed by atoms with E-state index in [0.29, 0.717) is 6.04 Å². The summed E-state index contributed by atoms with van der Waals surface area (Å²) >= 11 is 0. The largest absolute Gasteiger partial charge is 0.490 e. The summed E-state index contributed by atoms with van der Waals surface area (Å²) in [4.78, 5) is 15.6. The number of carboxylic acid groups (broad SMARTS) is 1. The van der Waals surface area contributed by atoms with Crippen LogP contribution >= 0.6 is 0 Å². The molecule has 0 spiro atoms. The molecule has 5 nitrogen and oxygen atoms in total. The number of aromatic nitrogens is 1. The number of aliphatic carboxylic acids is 1. The molecule has 2 saturated heterocycles. The molecule has 1 aromatic heterocycles. The van der Waals surface area contributed by atoms with Gasteiger partial charge in [-0.2, -0.15) is 13.2 Å². The number of hydrogen-bond donors (Lipinski definition) is 2. The summed E-state index contributed by atoms with van der Waals surface area (Å²) in [6.45, 7) is 1.07. The number of fused-ring (bicyclic) bond motifs is 2. The number of pyridine rings is 1. The lowest BCUT2D eigenvalue weighted by molar-refractivity contribution is -0.192. The maximum Gasteiger partial charge on any atom is 0.490 e. The minimum atomic E-state index is -5.08. The van der Waals surface area contributed by atoms with Gasteiger partial charge in [0.25, 0.3) is 0 Å². The highest BCUT2D eigenvalue weighted by molar-refractivity contribution is 5.73. The zero-order valence-electron chi connectivity index (χ0n) is 12.5. The summed E-state index contributed by atoms with van der Waals surface area (Å²) in [6.07, 6.45) is 3.72. The predicted octanol–water partition coefficient (Wildman–Crippen LogP) is 2.17. The highest BCUT2D eigenvalue weighted by Crippen LogP contribution is 2.35. The van der Waals surface area contributed by atoms with Gasteiger partial charge in [-0.25, -0.2) is 4.79 Å². The van der Waals surface area contributed by atoms with E-state index in [1.807, 2.05) is 12.4 Å². The van der Waals surface area contributed by atoms with Crippen LogP contribution in [0.5, 0.6) is 0 Å². The fraction of sp³-hybridized carbons (Fsp3) is 0.600. The number of nitrogens with zero attached hydrogens (tertiary/aromatic N) is 2. The molecular weight excluding hydrogens is 311 g/mol. The number of rotatable bonds is 2. The van der Waals surface area contributed by atoms with Crippen molar-refractivity contribution in [3.63, 3.8) is 0 Å². The lowest BCUT2D eigenvalue weighted by Crippen LogP contribution is -2.46. The molecule has 0 amide bonds. The predicted molar refractivity (Wildman–Crippen MR) is 77.5 cm³/mol. The standard InChI is InChI=1S/C13H19N3.C2HF3O2/c14-11-7-12-1-2-13(8-11)16(12)9-10-3-5-15-6-4-10;3-2(4,5)1(6)7/h3-6,11-13H,1-2,7-9,14H2;(H,6,7)/t11?,12-,13+;. The zero-order chi connectivity index (χ0) is 17.0. The molecule has 1 unspecified atom stereocenters. The van der Waals surface area contributed by atoms with E-state index >= 15 is 0 Å². The van der Waals surface area contributed by atoms with Crippen molar-refractivity contribution >= 4 is 5.97 Å². The number of carboxylic acids is 1. The topological polar surface area (TPSA) is 79.5 Å². The molecule has 2 aliphatic rings. The second kappa shape index (κ2) is 7.27. The maximum atomic E-state index is 10.6. The Labute approximate surface area is 132 Å². The van der Waals surface area contributed by atoms with Crippen molar-refractivity contribution in [3.05, 3.63) is 30.1 Å². The Morgan fingerprint density at radius 1 is 1.26 bits per heavy atom. The molecule has 3 rings (SSSR count). The zero-order valence-corrected chi connectivity index (χ0v) is 12.5. The van der Waals surface area contributed by atoms with Crippen LogP contribution in [0, 0.1) is 0 Å². The number of alkyl halides is 3. The Kier molecular flexibility index (Phi) is 5.59. The van der Waals surface area contributed by atoms with E-state index in [4.69, 9.17) is 15.6 Å². The summed E-state index contributed by atoms with van der Waals surface area (Å²) in [5, 5.41) is 7.12. The van der Waals surface area contributed by atoms with E-state index in [2.05, 4.69) is 22.0 Å². The van der Waals surface area contributed by atoms with Gasteiger partial charge in [-0.1, -0.05) is 0 Å². The molecule has 0 aliphatic carbocycles. The van der Waals surface area contributed by atoms with Gasteiger partial charge in [-0.3, -0.25) is 9.88 Å². The van der Waals surface area contributed by atoms with Crippen LogP contribution in [0.1, 0.15) is 31.2 Å². The highest BCUT2D eigenvalue weighted by Gasteiger charge is 2.39. The molecule has 3 heterocycles. The number of carbonyl (C=O) groups is 1. The van der Waals surface area contributed by atoms with E-state index in [1.54, 1.807) is 0 Å². The van der Waals surface area contributed by atoms with Crippen LogP contribution in [0.15, 0.2) is 24.5 Å². The maximum absolute atomic E-state index is 10.6. The lowest BCUT2D eigenvalue weighted by atomic mass is 9.97. The Bertz CT molecular complexity index is 510. The van der Waals surface area contributed by atoms with Crippen molar-refractivity contribution in [2.75, 3.05) is 0 Å². The van der Waals surface area contributed by atoms with E-state index < -0.39 is 12.1 Å².